The second-order valence-electron chi connectivity index (χ2n) is 23.1. The van der Waals surface area contributed by atoms with Crippen LogP contribution in [0.4, 0.5) is 13.2 Å². The van der Waals surface area contributed by atoms with Crippen LogP contribution >= 0.6 is 31.7 Å². The zero-order valence-corrected chi connectivity index (χ0v) is 59.1. The molecule has 486 valence electrons. The SMILES string of the molecule is Cc1ccc2c(c1)[C@H]1CCCN(C(=O)C(F)(F)F)[C@H]1C2.[Pd].c1ccc(P(c2ccccc2)c2ccccc2)cc1.c1ccc(P(c2ccccc2)c2ccccc2)cc1.c1ccc(P(c2ccccc2)c2ccccc2)cc1.c1ccc(P(c2ccccc2)c2ccccc2)cc1. The molecule has 1 saturated heterocycles. The van der Waals surface area contributed by atoms with Crippen LogP contribution < -0.4 is 63.7 Å². The first kappa shape index (κ1) is 71.3. The van der Waals surface area contributed by atoms with Crippen molar-refractivity contribution < 1.29 is 38.4 Å². The maximum absolute atomic E-state index is 12.7. The van der Waals surface area contributed by atoms with Crippen molar-refractivity contribution in [1.29, 1.82) is 0 Å². The molecule has 97 heavy (non-hydrogen) atoms. The monoisotopic (exact) mass is 1440 g/mol. The van der Waals surface area contributed by atoms with Gasteiger partial charge in [-0.2, -0.15) is 13.2 Å². The first-order chi connectivity index (χ1) is 47.2. The van der Waals surface area contributed by atoms with E-state index in [2.05, 4.69) is 370 Å². The van der Waals surface area contributed by atoms with Gasteiger partial charge in [-0.05, 0) is 133 Å². The van der Waals surface area contributed by atoms with Crippen LogP contribution in [0.25, 0.3) is 0 Å². The number of aryl methyl sites for hydroxylation is 1. The Hall–Kier alpha value is -8.50. The molecule has 0 N–H and O–H groups in total. The van der Waals surface area contributed by atoms with Gasteiger partial charge in [-0.1, -0.05) is 388 Å². The Morgan fingerprint density at radius 1 is 0.330 bits per heavy atom. The van der Waals surface area contributed by atoms with E-state index in [0.29, 0.717) is 12.8 Å². The fourth-order valence-electron chi connectivity index (χ4n) is 12.3. The molecule has 13 aromatic rings. The van der Waals surface area contributed by atoms with E-state index in [-0.39, 0.29) is 38.9 Å². The van der Waals surface area contributed by atoms with Gasteiger partial charge in [0.15, 0.2) is 0 Å². The topological polar surface area (TPSA) is 20.3 Å². The molecule has 1 aliphatic heterocycles. The van der Waals surface area contributed by atoms with E-state index in [1.807, 2.05) is 19.1 Å². The van der Waals surface area contributed by atoms with Crippen LogP contribution in [-0.2, 0) is 31.6 Å². The smallest absolute Gasteiger partial charge is 0.331 e. The second-order valence-corrected chi connectivity index (χ2v) is 32.0. The van der Waals surface area contributed by atoms with Gasteiger partial charge >= 0.3 is 12.1 Å². The predicted octanol–water partition coefficient (Wildman–Crippen LogP) is 17.0. The third-order valence-electron chi connectivity index (χ3n) is 16.6. The molecule has 15 rings (SSSR count). The Labute approximate surface area is 590 Å². The third kappa shape index (κ3) is 19.6. The molecular weight excluding hydrogens is 1360 g/mol. The van der Waals surface area contributed by atoms with Gasteiger partial charge in [0.05, 0.1) is 0 Å². The number of nitrogens with zero attached hydrogens (tertiary/aromatic N) is 1. The van der Waals surface area contributed by atoms with Crippen LogP contribution in [0.1, 0.15) is 35.4 Å². The molecule has 0 unspecified atom stereocenters. The number of fused-ring (bicyclic) bond motifs is 3. The van der Waals surface area contributed by atoms with Crippen LogP contribution in [0.2, 0.25) is 0 Å². The van der Waals surface area contributed by atoms with Crippen molar-refractivity contribution in [2.24, 2.45) is 0 Å². The van der Waals surface area contributed by atoms with Gasteiger partial charge in [0.25, 0.3) is 0 Å². The van der Waals surface area contributed by atoms with Crippen molar-refractivity contribution in [3.05, 3.63) is 399 Å². The van der Waals surface area contributed by atoms with Gasteiger partial charge < -0.3 is 4.90 Å². The van der Waals surface area contributed by atoms with Crippen LogP contribution in [0.15, 0.2) is 382 Å². The molecule has 10 heteroatoms. The summed E-state index contributed by atoms with van der Waals surface area (Å²) in [7, 11) is -1.78. The molecule has 0 radical (unpaired) electrons. The Morgan fingerprint density at radius 3 is 0.732 bits per heavy atom. The number of piperidine rings is 1. The average Bonchev–Trinajstić information content (AvgIpc) is 1.56. The summed E-state index contributed by atoms with van der Waals surface area (Å²) in [5.74, 6) is -1.62. The molecule has 0 spiro atoms. The molecule has 1 amide bonds. The van der Waals surface area contributed by atoms with E-state index in [0.717, 1.165) is 28.0 Å². The number of likely N-dealkylation sites (tertiary alicyclic amines) is 1. The summed E-state index contributed by atoms with van der Waals surface area (Å²) in [6.07, 6.45) is -2.73. The number of hydrogen-bond donors (Lipinski definition) is 0. The van der Waals surface area contributed by atoms with Crippen molar-refractivity contribution in [1.82, 2.24) is 4.90 Å². The number of benzene rings is 13. The summed E-state index contributed by atoms with van der Waals surface area (Å²) >= 11 is 0. The fourth-order valence-corrected chi connectivity index (χ4v) is 21.5. The molecule has 1 heterocycles. The summed E-state index contributed by atoms with van der Waals surface area (Å²) < 4.78 is 38.1. The molecule has 0 bridgehead atoms. The quantitative estimate of drug-likeness (QED) is 0.0882. The van der Waals surface area contributed by atoms with Crippen molar-refractivity contribution in [3.8, 4) is 0 Å². The summed E-state index contributed by atoms with van der Waals surface area (Å²) in [5.41, 5.74) is 3.34. The number of carbonyl (C=O) groups is 1. The molecule has 0 aromatic heterocycles. The molecular formula is C87H76F3NOP4Pd. The Morgan fingerprint density at radius 2 is 0.536 bits per heavy atom. The number of rotatable bonds is 12. The summed E-state index contributed by atoms with van der Waals surface area (Å²) in [5, 5.41) is 16.8. The molecule has 2 aliphatic rings. The van der Waals surface area contributed by atoms with Gasteiger partial charge in [-0.3, -0.25) is 4.79 Å². The minimum absolute atomic E-state index is 0. The molecule has 1 aliphatic carbocycles. The number of hydrogen-bond acceptors (Lipinski definition) is 1. The van der Waals surface area contributed by atoms with E-state index in [4.69, 9.17) is 0 Å². The molecule has 1 fully saturated rings. The molecule has 13 aromatic carbocycles. The third-order valence-corrected chi connectivity index (χ3v) is 26.4. The van der Waals surface area contributed by atoms with Crippen molar-refractivity contribution >= 4 is 101 Å². The maximum Gasteiger partial charge on any atom is 0.471 e. The van der Waals surface area contributed by atoms with E-state index in [1.54, 1.807) is 0 Å². The number of halogens is 3. The zero-order chi connectivity index (χ0) is 66.2. The maximum atomic E-state index is 12.7. The minimum atomic E-state index is -4.77. The Bertz CT molecular complexity index is 3520. The van der Waals surface area contributed by atoms with Crippen LogP contribution in [-0.4, -0.2) is 29.6 Å². The first-order valence-electron chi connectivity index (χ1n) is 32.5. The average molecular weight is 1440 g/mol. The van der Waals surface area contributed by atoms with E-state index >= 15 is 0 Å². The summed E-state index contributed by atoms with van der Waals surface area (Å²) in [6.45, 7) is 2.20. The molecule has 2 atom stereocenters. The zero-order valence-electron chi connectivity index (χ0n) is 54.0. The second kappa shape index (κ2) is 36.7. The van der Waals surface area contributed by atoms with Gasteiger partial charge in [0, 0.05) is 38.9 Å². The first-order valence-corrected chi connectivity index (χ1v) is 37.8. The van der Waals surface area contributed by atoms with Crippen molar-refractivity contribution in [2.75, 3.05) is 6.54 Å². The molecule has 0 saturated carbocycles. The minimum Gasteiger partial charge on any atom is -0.331 e. The van der Waals surface area contributed by atoms with Gasteiger partial charge in [0.2, 0.25) is 0 Å². The standard InChI is InChI=1S/4C18H15P.C15H16F3NO.Pd/c4*1-4-10-16(11-5-1)19(17-12-6-2-7-13-17)18-14-8-3-9-15-18;1-9-4-5-10-8-13-11(12(10)7-9)3-2-6-19(13)14(20)15(16,17)18;/h4*1-15H;4-5,7,11,13H,2-3,6,8H2,1H3;/t;;;;11-,13+;/m....1./s1. The fraction of sp³-hybridized carbons (Fsp3) is 0.0920. The van der Waals surface area contributed by atoms with Crippen LogP contribution in [0.5, 0.6) is 0 Å². The number of carbonyl (C=O) groups excluding carboxylic acids is 1. The van der Waals surface area contributed by atoms with E-state index < -0.39 is 43.8 Å². The Balaban J connectivity index is 0.000000131. The number of alkyl halides is 3. The van der Waals surface area contributed by atoms with Crippen LogP contribution in [0, 0.1) is 6.92 Å². The molecule has 2 nitrogen and oxygen atoms in total. The normalized spacial score (nSPS) is 13.5. The Kier molecular flexibility index (Phi) is 27.0. The number of amides is 1. The predicted molar refractivity (Wildman–Crippen MR) is 409 cm³/mol. The summed E-state index contributed by atoms with van der Waals surface area (Å²) in [6, 6.07) is 135. The van der Waals surface area contributed by atoms with Crippen molar-refractivity contribution in [2.45, 2.75) is 44.3 Å². The van der Waals surface area contributed by atoms with Crippen molar-refractivity contribution in [3.63, 3.8) is 0 Å². The van der Waals surface area contributed by atoms with Gasteiger partial charge in [-0.15, -0.1) is 0 Å². The van der Waals surface area contributed by atoms with Gasteiger partial charge in [0.1, 0.15) is 0 Å². The largest absolute Gasteiger partial charge is 0.471 e. The van der Waals surface area contributed by atoms with E-state index in [1.165, 1.54) is 63.7 Å². The van der Waals surface area contributed by atoms with E-state index in [9.17, 15) is 18.0 Å². The van der Waals surface area contributed by atoms with Gasteiger partial charge in [-0.25, -0.2) is 0 Å². The summed E-state index contributed by atoms with van der Waals surface area (Å²) in [4.78, 5) is 12.6. The van der Waals surface area contributed by atoms with Crippen LogP contribution in [0.3, 0.4) is 0 Å².